The summed E-state index contributed by atoms with van der Waals surface area (Å²) in [7, 11) is 2.60. The molecule has 1 N–H and O–H groups in total. The number of nitrogens with zero attached hydrogens (tertiary/aromatic N) is 4. The zero-order valence-electron chi connectivity index (χ0n) is 18.9. The van der Waals surface area contributed by atoms with Gasteiger partial charge in [0.25, 0.3) is 5.91 Å². The molecule has 0 aliphatic carbocycles. The molecule has 0 aliphatic heterocycles. The molecule has 0 aliphatic rings. The van der Waals surface area contributed by atoms with Gasteiger partial charge in [0.2, 0.25) is 6.41 Å². The lowest BCUT2D eigenvalue weighted by molar-refractivity contribution is -0.107. The van der Waals surface area contributed by atoms with Crippen molar-refractivity contribution in [3.8, 4) is 0 Å². The van der Waals surface area contributed by atoms with E-state index in [-0.39, 0.29) is 11.6 Å². The van der Waals surface area contributed by atoms with Crippen molar-refractivity contribution in [2.75, 3.05) is 25.3 Å². The molecule has 3 aromatic rings. The average Bonchev–Trinajstić information content (AvgIpc) is 2.83. The predicted molar refractivity (Wildman–Crippen MR) is 128 cm³/mol. The Balaban J connectivity index is 1.74. The number of hydrogen-bond donors (Lipinski definition) is 1. The Morgan fingerprint density at radius 2 is 1.76 bits per heavy atom. The van der Waals surface area contributed by atoms with Gasteiger partial charge in [-0.3, -0.25) is 23.7 Å². The van der Waals surface area contributed by atoms with Crippen LogP contribution in [0, 0.1) is 0 Å². The molecule has 9 heteroatoms. The third-order valence-electron chi connectivity index (χ3n) is 5.09. The molecule has 0 saturated carbocycles. The number of anilines is 1. The van der Waals surface area contributed by atoms with Crippen LogP contribution in [0.4, 0.5) is 5.69 Å². The summed E-state index contributed by atoms with van der Waals surface area (Å²) in [5, 5.41) is 2.86. The minimum Gasteiger partial charge on any atom is -0.347 e. The van der Waals surface area contributed by atoms with Gasteiger partial charge >= 0.3 is 0 Å². The SMILES string of the molecule is CN(Cc1ccc(S(C)=O)cc1)Cc1cc(C(=O)NCc2ccncc2)ncc1N(C)C=O. The third kappa shape index (κ3) is 6.77. The van der Waals surface area contributed by atoms with E-state index in [1.54, 1.807) is 38.0 Å². The van der Waals surface area contributed by atoms with E-state index < -0.39 is 10.8 Å². The van der Waals surface area contributed by atoms with Crippen molar-refractivity contribution >= 4 is 28.8 Å². The number of carbonyl (C=O) groups is 2. The maximum atomic E-state index is 12.7. The second-order valence-electron chi connectivity index (χ2n) is 7.72. The van der Waals surface area contributed by atoms with Gasteiger partial charge in [-0.2, -0.15) is 0 Å². The van der Waals surface area contributed by atoms with Crippen molar-refractivity contribution in [3.05, 3.63) is 83.4 Å². The Bertz CT molecular complexity index is 1120. The van der Waals surface area contributed by atoms with Crippen LogP contribution >= 0.6 is 0 Å². The monoisotopic (exact) mass is 465 g/mol. The van der Waals surface area contributed by atoms with Crippen LogP contribution < -0.4 is 10.2 Å². The smallest absolute Gasteiger partial charge is 0.270 e. The molecule has 1 unspecified atom stereocenters. The van der Waals surface area contributed by atoms with Crippen molar-refractivity contribution in [1.82, 2.24) is 20.2 Å². The highest BCUT2D eigenvalue weighted by Gasteiger charge is 2.15. The molecule has 0 spiro atoms. The van der Waals surface area contributed by atoms with Gasteiger partial charge in [-0.25, -0.2) is 4.98 Å². The minimum atomic E-state index is -1.01. The second kappa shape index (κ2) is 11.4. The highest BCUT2D eigenvalue weighted by Crippen LogP contribution is 2.21. The summed E-state index contributed by atoms with van der Waals surface area (Å²) in [6.45, 7) is 1.52. The fourth-order valence-corrected chi connectivity index (χ4v) is 3.85. The Kier molecular flexibility index (Phi) is 8.39. The Morgan fingerprint density at radius 3 is 2.39 bits per heavy atom. The summed E-state index contributed by atoms with van der Waals surface area (Å²) in [4.78, 5) is 36.6. The first-order valence-corrected chi connectivity index (χ1v) is 11.9. The lowest BCUT2D eigenvalue weighted by atomic mass is 10.1. The van der Waals surface area contributed by atoms with Crippen molar-refractivity contribution in [2.24, 2.45) is 0 Å². The van der Waals surface area contributed by atoms with Gasteiger partial charge in [-0.05, 0) is 54.1 Å². The van der Waals surface area contributed by atoms with Crippen molar-refractivity contribution in [2.45, 2.75) is 24.5 Å². The van der Waals surface area contributed by atoms with E-state index in [0.29, 0.717) is 31.7 Å². The quantitative estimate of drug-likeness (QED) is 0.462. The van der Waals surface area contributed by atoms with E-state index in [1.165, 1.54) is 4.90 Å². The molecule has 8 nitrogen and oxygen atoms in total. The number of carbonyl (C=O) groups excluding carboxylic acids is 2. The van der Waals surface area contributed by atoms with Gasteiger partial charge in [0.1, 0.15) is 5.69 Å². The van der Waals surface area contributed by atoms with Crippen LogP contribution in [0.5, 0.6) is 0 Å². The maximum Gasteiger partial charge on any atom is 0.270 e. The van der Waals surface area contributed by atoms with E-state index >= 15 is 0 Å². The number of pyridine rings is 2. The summed E-state index contributed by atoms with van der Waals surface area (Å²) >= 11 is 0. The molecule has 3 rings (SSSR count). The van der Waals surface area contributed by atoms with Crippen molar-refractivity contribution < 1.29 is 13.8 Å². The molecule has 33 heavy (non-hydrogen) atoms. The van der Waals surface area contributed by atoms with Gasteiger partial charge in [0.15, 0.2) is 0 Å². The van der Waals surface area contributed by atoms with Crippen LogP contribution in [0.25, 0.3) is 0 Å². The fourth-order valence-electron chi connectivity index (χ4n) is 3.33. The molecule has 0 saturated heterocycles. The third-order valence-corrected chi connectivity index (χ3v) is 6.02. The molecule has 0 bridgehead atoms. The van der Waals surface area contributed by atoms with Crippen molar-refractivity contribution in [1.29, 1.82) is 0 Å². The van der Waals surface area contributed by atoms with Crippen LogP contribution in [0.15, 0.2) is 66.0 Å². The molecule has 172 valence electrons. The van der Waals surface area contributed by atoms with Gasteiger partial charge in [0, 0.05) is 61.0 Å². The Morgan fingerprint density at radius 1 is 1.06 bits per heavy atom. The number of rotatable bonds is 10. The van der Waals surface area contributed by atoms with E-state index in [1.807, 2.05) is 43.4 Å². The van der Waals surface area contributed by atoms with Crippen LogP contribution in [-0.2, 0) is 35.2 Å². The van der Waals surface area contributed by atoms with Crippen LogP contribution in [0.1, 0.15) is 27.2 Å². The van der Waals surface area contributed by atoms with E-state index in [0.717, 1.165) is 21.6 Å². The van der Waals surface area contributed by atoms with Crippen LogP contribution in [0.3, 0.4) is 0 Å². The van der Waals surface area contributed by atoms with Crippen LogP contribution in [0.2, 0.25) is 0 Å². The first-order valence-electron chi connectivity index (χ1n) is 10.3. The minimum absolute atomic E-state index is 0.283. The summed E-state index contributed by atoms with van der Waals surface area (Å²) in [5.41, 5.74) is 3.74. The Hall–Kier alpha value is -3.43. The van der Waals surface area contributed by atoms with E-state index in [4.69, 9.17) is 0 Å². The largest absolute Gasteiger partial charge is 0.347 e. The molecular weight excluding hydrogens is 438 g/mol. The number of hydrogen-bond acceptors (Lipinski definition) is 6. The summed E-state index contributed by atoms with van der Waals surface area (Å²) in [5.74, 6) is -0.292. The topological polar surface area (TPSA) is 95.5 Å². The molecule has 1 atom stereocenters. The van der Waals surface area contributed by atoms with E-state index in [9.17, 15) is 13.8 Å². The van der Waals surface area contributed by atoms with Gasteiger partial charge in [-0.1, -0.05) is 12.1 Å². The molecule has 0 fully saturated rings. The number of aromatic nitrogens is 2. The lowest BCUT2D eigenvalue weighted by Crippen LogP contribution is -2.26. The van der Waals surface area contributed by atoms with Crippen LogP contribution in [-0.4, -0.2) is 51.7 Å². The number of benzene rings is 1. The second-order valence-corrected chi connectivity index (χ2v) is 9.10. The Labute approximate surface area is 196 Å². The van der Waals surface area contributed by atoms with Gasteiger partial charge in [0.05, 0.1) is 11.9 Å². The average molecular weight is 466 g/mol. The summed E-state index contributed by atoms with van der Waals surface area (Å²) < 4.78 is 11.6. The predicted octanol–water partition coefficient (Wildman–Crippen LogP) is 2.37. The molecule has 2 aromatic heterocycles. The van der Waals surface area contributed by atoms with Crippen molar-refractivity contribution in [3.63, 3.8) is 0 Å². The molecular formula is C24H27N5O3S. The molecule has 0 radical (unpaired) electrons. The van der Waals surface area contributed by atoms with Gasteiger partial charge < -0.3 is 10.2 Å². The molecule has 1 aromatic carbocycles. The molecule has 2 amide bonds. The standard InChI is InChI=1S/C24H27N5O3S/c1-28(15-19-4-6-21(7-5-19)33(3)32)16-20-12-22(26-14-23(20)29(2)17-30)24(31)27-13-18-8-10-25-11-9-18/h4-12,14,17H,13,15-16H2,1-3H3,(H,27,31). The highest BCUT2D eigenvalue weighted by molar-refractivity contribution is 7.84. The first-order chi connectivity index (χ1) is 15.9. The van der Waals surface area contributed by atoms with E-state index in [2.05, 4.69) is 20.2 Å². The highest BCUT2D eigenvalue weighted by atomic mass is 32.2. The summed E-state index contributed by atoms with van der Waals surface area (Å²) in [6, 6.07) is 13.0. The lowest BCUT2D eigenvalue weighted by Gasteiger charge is -2.22. The fraction of sp³-hybridized carbons (Fsp3) is 0.250. The number of amides is 2. The summed E-state index contributed by atoms with van der Waals surface area (Å²) in [6.07, 6.45) is 7.26. The normalized spacial score (nSPS) is 11.8. The molecule has 2 heterocycles. The zero-order valence-corrected chi connectivity index (χ0v) is 19.7. The maximum absolute atomic E-state index is 12.7. The number of nitrogens with one attached hydrogen (secondary N) is 1. The zero-order chi connectivity index (χ0) is 23.8. The first kappa shape index (κ1) is 24.2. The van der Waals surface area contributed by atoms with Gasteiger partial charge in [-0.15, -0.1) is 0 Å².